The number of hydrogen-bond acceptors (Lipinski definition) is 18. The van der Waals surface area contributed by atoms with Crippen molar-refractivity contribution in [1.82, 2.24) is 9.13 Å². The summed E-state index contributed by atoms with van der Waals surface area (Å²) < 4.78 is 1.59. The third-order valence-corrected chi connectivity index (χ3v) is 13.1. The fraction of sp³-hybridized carbons (Fsp3) is 0.0588. The molecular formula is C51H39N5O17. The van der Waals surface area contributed by atoms with Gasteiger partial charge in [-0.25, -0.2) is 4.99 Å². The van der Waals surface area contributed by atoms with E-state index < -0.39 is 169 Å². The summed E-state index contributed by atoms with van der Waals surface area (Å²) in [5.41, 5.74) is 6.66. The Morgan fingerprint density at radius 2 is 0.877 bits per heavy atom. The molecule has 0 spiro atoms. The summed E-state index contributed by atoms with van der Waals surface area (Å²) in [5, 5.41) is 189. The first-order chi connectivity index (χ1) is 34.6. The van der Waals surface area contributed by atoms with Gasteiger partial charge in [0.1, 0.15) is 35.0 Å². The van der Waals surface area contributed by atoms with Crippen LogP contribution in [0.15, 0.2) is 89.9 Å². The SMILES string of the molecule is Cn1c2c(O)c(O)c(O)c(O)c2c2c(O)c(O)c(O)c(-n3c4c5c(c6c(O)c(O)c(O)c(O)c6c6c(O)c(O)c(O)c3c56)=C(O)C(O)C4O)c21.N=C(N=C(N)c1ccc(-c2ccccc2)cc1)c1ccccc1. The van der Waals surface area contributed by atoms with Gasteiger partial charge in [0.2, 0.25) is 34.5 Å². The third kappa shape index (κ3) is 6.24. The van der Waals surface area contributed by atoms with Crippen LogP contribution < -0.4 is 11.0 Å². The van der Waals surface area contributed by atoms with E-state index in [2.05, 4.69) is 17.1 Å². The molecule has 73 heavy (non-hydrogen) atoms. The van der Waals surface area contributed by atoms with Crippen molar-refractivity contribution in [1.29, 1.82) is 5.41 Å². The Labute approximate surface area is 406 Å². The maximum absolute atomic E-state index is 11.5. The molecule has 0 radical (unpaired) electrons. The highest BCUT2D eigenvalue weighted by atomic mass is 16.4. The number of nitrogens with one attached hydrogen (secondary N) is 1. The van der Waals surface area contributed by atoms with Crippen molar-refractivity contribution in [3.05, 3.63) is 107 Å². The van der Waals surface area contributed by atoms with Crippen LogP contribution in [-0.4, -0.2) is 114 Å². The second-order valence-electron chi connectivity index (χ2n) is 17.0. The monoisotopic (exact) mass is 993 g/mol. The molecule has 8 aromatic carbocycles. The predicted octanol–water partition coefficient (Wildman–Crippen LogP) is 5.34. The molecule has 11 rings (SSSR count). The van der Waals surface area contributed by atoms with Gasteiger partial charge in [-0.2, -0.15) is 0 Å². The summed E-state index contributed by atoms with van der Waals surface area (Å²) in [6, 6.07) is 27.4. The van der Waals surface area contributed by atoms with Crippen LogP contribution >= 0.6 is 0 Å². The Balaban J connectivity index is 0.000000222. The van der Waals surface area contributed by atoms with Gasteiger partial charge >= 0.3 is 0 Å². The topological polar surface area (TPSA) is 416 Å². The second-order valence-corrected chi connectivity index (χ2v) is 17.0. The molecule has 0 aliphatic heterocycles. The van der Waals surface area contributed by atoms with E-state index in [1.807, 2.05) is 72.8 Å². The number of phenols is 14. The smallest absolute Gasteiger partial charge is 0.206 e. The lowest BCUT2D eigenvalue weighted by molar-refractivity contribution is 0.0349. The average molecular weight is 994 g/mol. The molecule has 10 aromatic rings. The fourth-order valence-corrected chi connectivity index (χ4v) is 9.67. The van der Waals surface area contributed by atoms with E-state index in [0.29, 0.717) is 10.4 Å². The van der Waals surface area contributed by atoms with Gasteiger partial charge in [0.15, 0.2) is 51.8 Å². The van der Waals surface area contributed by atoms with Crippen LogP contribution in [0.2, 0.25) is 0 Å². The Kier molecular flexibility index (Phi) is 10.3. The number of aliphatic hydroxyl groups excluding tert-OH is 3. The maximum atomic E-state index is 11.5. The number of rotatable bonds is 4. The van der Waals surface area contributed by atoms with E-state index in [0.717, 1.165) is 33.9 Å². The lowest BCUT2D eigenvalue weighted by atomic mass is 9.88. The van der Waals surface area contributed by atoms with Crippen LogP contribution in [0.25, 0.3) is 76.8 Å². The van der Waals surface area contributed by atoms with Crippen molar-refractivity contribution in [2.45, 2.75) is 12.2 Å². The molecule has 0 fully saturated rings. The minimum Gasteiger partial charge on any atom is -0.509 e. The Morgan fingerprint density at radius 3 is 1.45 bits per heavy atom. The quantitative estimate of drug-likeness (QED) is 0.0348. The molecule has 2 aromatic heterocycles. The number of hydrogen-bond donors (Lipinski definition) is 19. The van der Waals surface area contributed by atoms with Gasteiger partial charge in [-0.3, -0.25) is 5.41 Å². The molecule has 1 aliphatic carbocycles. The molecule has 22 nitrogen and oxygen atoms in total. The van der Waals surface area contributed by atoms with Crippen molar-refractivity contribution in [2.75, 3.05) is 0 Å². The zero-order valence-corrected chi connectivity index (χ0v) is 37.3. The molecule has 0 amide bonds. The zero-order valence-electron chi connectivity index (χ0n) is 37.3. The largest absolute Gasteiger partial charge is 0.509 e. The second kappa shape index (κ2) is 16.1. The Hall–Kier alpha value is -10.3. The number of aromatic hydroxyl groups is 14. The van der Waals surface area contributed by atoms with E-state index in [1.54, 1.807) is 0 Å². The van der Waals surface area contributed by atoms with Gasteiger partial charge < -0.3 is 102 Å². The molecule has 0 saturated carbocycles. The number of amidine groups is 2. The highest BCUT2D eigenvalue weighted by molar-refractivity contribution is 6.31. The van der Waals surface area contributed by atoms with Gasteiger partial charge in [0.05, 0.1) is 27.5 Å². The predicted molar refractivity (Wildman–Crippen MR) is 264 cm³/mol. The van der Waals surface area contributed by atoms with Crippen molar-refractivity contribution >= 4 is 71.7 Å². The molecule has 0 saturated heterocycles. The van der Waals surface area contributed by atoms with Gasteiger partial charge in [-0.1, -0.05) is 84.9 Å². The van der Waals surface area contributed by atoms with E-state index in [1.165, 1.54) is 0 Å². The lowest BCUT2D eigenvalue weighted by Gasteiger charge is -2.26. The Morgan fingerprint density at radius 1 is 0.438 bits per heavy atom. The van der Waals surface area contributed by atoms with E-state index in [4.69, 9.17) is 11.1 Å². The van der Waals surface area contributed by atoms with Crippen molar-refractivity contribution in [3.8, 4) is 97.3 Å². The number of benzene rings is 8. The molecule has 2 unspecified atom stereocenters. The first kappa shape index (κ1) is 46.4. The highest BCUT2D eigenvalue weighted by Crippen LogP contribution is 2.61. The van der Waals surface area contributed by atoms with Crippen molar-refractivity contribution < 1.29 is 86.8 Å². The first-order valence-corrected chi connectivity index (χ1v) is 21.5. The molecular weight excluding hydrogens is 955 g/mol. The van der Waals surface area contributed by atoms with Gasteiger partial charge in [0, 0.05) is 50.3 Å². The molecule has 2 heterocycles. The minimum absolute atomic E-state index is 0.162. The molecule has 1 aliphatic rings. The number of aryl methyl sites for hydroxylation is 1. The lowest BCUT2D eigenvalue weighted by Crippen LogP contribution is -2.32. The standard InChI is InChI=1S/C31H22N2O17.C20H17N3/c1-32-10-8(9-11(32)21(40)31(50)30(49)20(9)39)19(38)27(46)24(43)14(10)33-12-2-3-5(16(35)26(45)23(42)13(3)33)7-6(4(2)15(34)25(44)22(12)41)17(36)28(47)29(48)18(7)37;21-19(17-9-5-2-6-10-17)23-20(22)18-13-11-16(12-14-18)15-7-3-1-4-8-15/h22,25,34-50H,1H3;1-14H,(H3,21,22,23). The summed E-state index contributed by atoms with van der Waals surface area (Å²) >= 11 is 0. The number of aromatic nitrogens is 2. The van der Waals surface area contributed by atoms with Crippen LogP contribution in [0.5, 0.6) is 80.5 Å². The Bertz CT molecular complexity index is 4150. The number of aliphatic imine (C=N–C) groups is 1. The summed E-state index contributed by atoms with van der Waals surface area (Å²) in [6.07, 6.45) is -4.65. The third-order valence-electron chi connectivity index (χ3n) is 13.1. The number of phenolic OH excluding ortho intramolecular Hbond substituents is 14. The van der Waals surface area contributed by atoms with Gasteiger partial charge in [0.25, 0.3) is 0 Å². The maximum Gasteiger partial charge on any atom is 0.206 e. The fourth-order valence-electron chi connectivity index (χ4n) is 9.67. The highest BCUT2D eigenvalue weighted by Gasteiger charge is 2.42. The average Bonchev–Trinajstić information content (AvgIpc) is 3.91. The van der Waals surface area contributed by atoms with Crippen molar-refractivity contribution in [3.63, 3.8) is 0 Å². The number of fused-ring (bicyclic) bond motifs is 6. The summed E-state index contributed by atoms with van der Waals surface area (Å²) in [4.78, 5) is 4.20. The van der Waals surface area contributed by atoms with Crippen LogP contribution in [0, 0.1) is 5.41 Å². The number of nitrogens with two attached hydrogens (primary N) is 1. The molecule has 0 bridgehead atoms. The summed E-state index contributed by atoms with van der Waals surface area (Å²) in [6.45, 7) is 0. The molecule has 370 valence electrons. The van der Waals surface area contributed by atoms with Gasteiger partial charge in [-0.05, 0) is 11.1 Å². The normalized spacial score (nSPS) is 14.7. The molecule has 2 atom stereocenters. The minimum atomic E-state index is -2.35. The van der Waals surface area contributed by atoms with Crippen LogP contribution in [0.3, 0.4) is 0 Å². The number of nitrogens with zero attached hydrogens (tertiary/aromatic N) is 3. The summed E-state index contributed by atoms with van der Waals surface area (Å²) in [5.74, 6) is -18.1. The van der Waals surface area contributed by atoms with E-state index in [-0.39, 0.29) is 5.84 Å². The zero-order chi connectivity index (χ0) is 52.5. The molecule has 22 heteroatoms. The van der Waals surface area contributed by atoms with E-state index >= 15 is 0 Å². The van der Waals surface area contributed by atoms with Crippen molar-refractivity contribution in [2.24, 2.45) is 17.8 Å². The first-order valence-electron chi connectivity index (χ1n) is 21.5. The number of aliphatic hydroxyl groups is 3. The summed E-state index contributed by atoms with van der Waals surface area (Å²) in [7, 11) is 1.14. The van der Waals surface area contributed by atoms with Gasteiger partial charge in [-0.15, -0.1) is 0 Å². The van der Waals surface area contributed by atoms with E-state index in [9.17, 15) is 86.8 Å². The molecule has 20 N–H and O–H groups in total. The van der Waals surface area contributed by atoms with Crippen LogP contribution in [-0.2, 0) is 7.05 Å². The van der Waals surface area contributed by atoms with Crippen LogP contribution in [0.1, 0.15) is 22.9 Å². The van der Waals surface area contributed by atoms with Crippen LogP contribution in [0.4, 0.5) is 0 Å².